The Morgan fingerprint density at radius 2 is 2.27 bits per heavy atom. The summed E-state index contributed by atoms with van der Waals surface area (Å²) < 4.78 is 0.755. The van der Waals surface area contributed by atoms with E-state index in [-0.39, 0.29) is 5.56 Å². The molecule has 0 aliphatic rings. The van der Waals surface area contributed by atoms with Gasteiger partial charge < -0.3 is 10.4 Å². The number of carboxylic acid groups (broad SMARTS) is 1. The summed E-state index contributed by atoms with van der Waals surface area (Å²) in [6, 6.07) is 5.02. The lowest BCUT2D eigenvalue weighted by atomic mass is 10.2. The van der Waals surface area contributed by atoms with Crippen LogP contribution in [0.1, 0.15) is 17.3 Å². The maximum Gasteiger partial charge on any atom is 0.335 e. The minimum absolute atomic E-state index is 0.271. The van der Waals surface area contributed by atoms with Crippen LogP contribution in [0.2, 0.25) is 0 Å². The molecule has 0 aromatic heterocycles. The fourth-order valence-electron chi connectivity index (χ4n) is 1.11. The molecule has 0 bridgehead atoms. The van der Waals surface area contributed by atoms with E-state index in [0.29, 0.717) is 6.54 Å². The molecule has 15 heavy (non-hydrogen) atoms. The fraction of sp³-hybridized carbons (Fsp3) is 0.182. The molecule has 0 saturated carbocycles. The van der Waals surface area contributed by atoms with Gasteiger partial charge in [-0.05, 0) is 25.1 Å². The van der Waals surface area contributed by atoms with E-state index in [0.717, 1.165) is 10.2 Å². The van der Waals surface area contributed by atoms with Crippen LogP contribution in [0.3, 0.4) is 0 Å². The molecular weight excluding hydrogens is 258 g/mol. The molecule has 0 atom stereocenters. The third kappa shape index (κ3) is 3.75. The quantitative estimate of drug-likeness (QED) is 0.826. The maximum absolute atomic E-state index is 10.8. The number of anilines is 1. The van der Waals surface area contributed by atoms with Gasteiger partial charge in [-0.2, -0.15) is 0 Å². The van der Waals surface area contributed by atoms with E-state index in [4.69, 9.17) is 5.11 Å². The van der Waals surface area contributed by atoms with Gasteiger partial charge in [-0.25, -0.2) is 4.79 Å². The highest BCUT2D eigenvalue weighted by atomic mass is 79.9. The molecule has 0 amide bonds. The Balaban J connectivity index is 2.84. The molecule has 1 rings (SSSR count). The van der Waals surface area contributed by atoms with Gasteiger partial charge in [0.2, 0.25) is 0 Å². The third-order valence-electron chi connectivity index (χ3n) is 1.80. The largest absolute Gasteiger partial charge is 0.478 e. The lowest BCUT2D eigenvalue weighted by Gasteiger charge is -2.05. The summed E-state index contributed by atoms with van der Waals surface area (Å²) in [5.41, 5.74) is 1.06. The fourth-order valence-corrected chi connectivity index (χ4v) is 1.60. The van der Waals surface area contributed by atoms with Gasteiger partial charge in [-0.15, -0.1) is 0 Å². The van der Waals surface area contributed by atoms with Gasteiger partial charge in [-0.3, -0.25) is 0 Å². The molecule has 3 nitrogen and oxygen atoms in total. The van der Waals surface area contributed by atoms with Crippen LogP contribution in [0, 0.1) is 0 Å². The monoisotopic (exact) mass is 269 g/mol. The van der Waals surface area contributed by atoms with E-state index in [1.165, 1.54) is 0 Å². The Morgan fingerprint density at radius 1 is 1.53 bits per heavy atom. The highest BCUT2D eigenvalue weighted by molar-refractivity contribution is 9.10. The van der Waals surface area contributed by atoms with Crippen molar-refractivity contribution in [2.75, 3.05) is 11.9 Å². The Morgan fingerprint density at radius 3 is 2.87 bits per heavy atom. The second-order valence-corrected chi connectivity index (χ2v) is 3.90. The second kappa shape index (κ2) is 5.56. The summed E-state index contributed by atoms with van der Waals surface area (Å²) in [6.07, 6.45) is 3.89. The topological polar surface area (TPSA) is 49.3 Å². The summed E-state index contributed by atoms with van der Waals surface area (Å²) in [6.45, 7) is 2.62. The standard InChI is InChI=1S/C11H12BrNO2/c1-2-3-4-13-10-6-8(11(14)15)5-9(12)7-10/h2-3,5-7,13H,4H2,1H3,(H,14,15)/b3-2+. The van der Waals surface area contributed by atoms with Crippen LogP contribution in [0.4, 0.5) is 5.69 Å². The van der Waals surface area contributed by atoms with Crippen molar-refractivity contribution < 1.29 is 9.90 Å². The zero-order valence-corrected chi connectivity index (χ0v) is 9.91. The zero-order valence-electron chi connectivity index (χ0n) is 8.33. The number of hydrogen-bond donors (Lipinski definition) is 2. The first-order valence-electron chi connectivity index (χ1n) is 4.52. The van der Waals surface area contributed by atoms with Crippen molar-refractivity contribution in [2.24, 2.45) is 0 Å². The summed E-state index contributed by atoms with van der Waals surface area (Å²) in [5.74, 6) is -0.926. The first-order chi connectivity index (χ1) is 7.13. The van der Waals surface area contributed by atoms with Crippen molar-refractivity contribution in [3.8, 4) is 0 Å². The van der Waals surface area contributed by atoms with E-state index in [1.54, 1.807) is 12.1 Å². The Hall–Kier alpha value is -1.29. The number of carboxylic acids is 1. The number of halogens is 1. The maximum atomic E-state index is 10.8. The minimum Gasteiger partial charge on any atom is -0.478 e. The molecule has 2 N–H and O–H groups in total. The number of nitrogens with one attached hydrogen (secondary N) is 1. The molecule has 4 heteroatoms. The summed E-state index contributed by atoms with van der Waals surface area (Å²) in [5, 5.41) is 11.9. The van der Waals surface area contributed by atoms with E-state index in [2.05, 4.69) is 21.2 Å². The van der Waals surface area contributed by atoms with E-state index in [1.807, 2.05) is 25.1 Å². The highest BCUT2D eigenvalue weighted by Gasteiger charge is 2.05. The molecule has 0 aliphatic heterocycles. The molecule has 0 saturated heterocycles. The molecule has 0 heterocycles. The summed E-state index contributed by atoms with van der Waals surface area (Å²) in [4.78, 5) is 10.8. The van der Waals surface area contributed by atoms with Gasteiger partial charge >= 0.3 is 5.97 Å². The van der Waals surface area contributed by atoms with Gasteiger partial charge in [0.15, 0.2) is 0 Å². The molecule has 0 unspecified atom stereocenters. The zero-order chi connectivity index (χ0) is 11.3. The van der Waals surface area contributed by atoms with Crippen LogP contribution < -0.4 is 5.32 Å². The lowest BCUT2D eigenvalue weighted by Crippen LogP contribution is -2.01. The van der Waals surface area contributed by atoms with Gasteiger partial charge in [0.05, 0.1) is 5.56 Å². The van der Waals surface area contributed by atoms with Crippen LogP contribution in [0.5, 0.6) is 0 Å². The number of aromatic carboxylic acids is 1. The van der Waals surface area contributed by atoms with Crippen LogP contribution in [0.25, 0.3) is 0 Å². The van der Waals surface area contributed by atoms with Crippen molar-refractivity contribution in [1.82, 2.24) is 0 Å². The average molecular weight is 270 g/mol. The van der Waals surface area contributed by atoms with Crippen LogP contribution in [-0.2, 0) is 0 Å². The van der Waals surface area contributed by atoms with Crippen molar-refractivity contribution in [1.29, 1.82) is 0 Å². The Bertz CT molecular complexity index is 388. The number of allylic oxidation sites excluding steroid dienone is 1. The predicted molar refractivity (Wildman–Crippen MR) is 64.4 cm³/mol. The molecule has 1 aromatic rings. The number of benzene rings is 1. The average Bonchev–Trinajstić information content (AvgIpc) is 2.17. The molecule has 0 radical (unpaired) electrons. The van der Waals surface area contributed by atoms with Gasteiger partial charge in [-0.1, -0.05) is 28.1 Å². The normalized spacial score (nSPS) is 10.5. The Kier molecular flexibility index (Phi) is 4.37. The third-order valence-corrected chi connectivity index (χ3v) is 2.26. The summed E-state index contributed by atoms with van der Waals surface area (Å²) in [7, 11) is 0. The SMILES string of the molecule is C/C=C/CNc1cc(Br)cc(C(=O)O)c1. The second-order valence-electron chi connectivity index (χ2n) is 2.98. The van der Waals surface area contributed by atoms with Gasteiger partial charge in [0.1, 0.15) is 0 Å². The number of carbonyl (C=O) groups is 1. The van der Waals surface area contributed by atoms with E-state index >= 15 is 0 Å². The molecular formula is C11H12BrNO2. The summed E-state index contributed by atoms with van der Waals surface area (Å²) >= 11 is 3.27. The molecule has 1 aromatic carbocycles. The van der Waals surface area contributed by atoms with Gasteiger partial charge in [0, 0.05) is 16.7 Å². The molecule has 0 aliphatic carbocycles. The van der Waals surface area contributed by atoms with Gasteiger partial charge in [0.25, 0.3) is 0 Å². The molecule has 0 spiro atoms. The predicted octanol–water partition coefficient (Wildman–Crippen LogP) is 3.14. The number of rotatable bonds is 4. The van der Waals surface area contributed by atoms with Crippen molar-refractivity contribution >= 4 is 27.6 Å². The van der Waals surface area contributed by atoms with E-state index < -0.39 is 5.97 Å². The highest BCUT2D eigenvalue weighted by Crippen LogP contribution is 2.19. The molecule has 0 fully saturated rings. The van der Waals surface area contributed by atoms with Crippen molar-refractivity contribution in [3.63, 3.8) is 0 Å². The van der Waals surface area contributed by atoms with Crippen molar-refractivity contribution in [3.05, 3.63) is 40.4 Å². The first kappa shape index (κ1) is 11.8. The van der Waals surface area contributed by atoms with Crippen LogP contribution in [-0.4, -0.2) is 17.6 Å². The lowest BCUT2D eigenvalue weighted by molar-refractivity contribution is 0.0697. The molecule has 80 valence electrons. The van der Waals surface area contributed by atoms with E-state index in [9.17, 15) is 4.79 Å². The minimum atomic E-state index is -0.926. The Labute approximate surface area is 96.9 Å². The first-order valence-corrected chi connectivity index (χ1v) is 5.31. The number of hydrogen-bond acceptors (Lipinski definition) is 2. The van der Waals surface area contributed by atoms with Crippen molar-refractivity contribution in [2.45, 2.75) is 6.92 Å². The van der Waals surface area contributed by atoms with Crippen LogP contribution in [0.15, 0.2) is 34.8 Å². The smallest absolute Gasteiger partial charge is 0.335 e. The van der Waals surface area contributed by atoms with Crippen LogP contribution >= 0.6 is 15.9 Å².